The van der Waals surface area contributed by atoms with Crippen LogP contribution < -0.4 is 0 Å². The predicted molar refractivity (Wildman–Crippen MR) is 54.6 cm³/mol. The van der Waals surface area contributed by atoms with Gasteiger partial charge in [-0.05, 0) is 0 Å². The van der Waals surface area contributed by atoms with Crippen LogP contribution in [0.5, 0.6) is 0 Å². The average Bonchev–Trinajstić information content (AvgIpc) is 2.00. The minimum atomic E-state index is -4.75. The van der Waals surface area contributed by atoms with Crippen molar-refractivity contribution in [2.45, 2.75) is 15.8 Å². The minimum Gasteiger partial charge on any atom is -0.212 e. The van der Waals surface area contributed by atoms with E-state index in [-0.39, 0.29) is 0 Å². The number of hydrogen-bond acceptors (Lipinski definition) is 2. The lowest BCUT2D eigenvalue weighted by Crippen LogP contribution is -2.50. The van der Waals surface area contributed by atoms with E-state index in [0.717, 1.165) is 18.2 Å². The molecule has 1 rings (SSSR count). The molecule has 0 N–H and O–H groups in total. The lowest BCUT2D eigenvalue weighted by Gasteiger charge is -2.32. The van der Waals surface area contributed by atoms with Gasteiger partial charge in [-0.2, -0.15) is 13.2 Å². The summed E-state index contributed by atoms with van der Waals surface area (Å²) < 4.78 is 57.3. The molecule has 0 aromatic rings. The largest absolute Gasteiger partial charge is 0.408 e. The van der Waals surface area contributed by atoms with Crippen molar-refractivity contribution in [3.05, 3.63) is 24.3 Å². The number of rotatable bonds is 1. The highest BCUT2D eigenvalue weighted by atomic mass is 79.9. The Morgan fingerprint density at radius 2 is 1.87 bits per heavy atom. The van der Waals surface area contributed by atoms with E-state index in [1.54, 1.807) is 0 Å². The van der Waals surface area contributed by atoms with E-state index in [1.807, 2.05) is 0 Å². The Kier molecular flexibility index (Phi) is 3.29. The second-order valence-corrected chi connectivity index (χ2v) is 6.97. The van der Waals surface area contributed by atoms with E-state index in [1.165, 1.54) is 6.08 Å². The molecule has 2 unspecified atom stereocenters. The maximum absolute atomic E-state index is 12.7. The fourth-order valence-electron chi connectivity index (χ4n) is 1.15. The maximum Gasteiger partial charge on any atom is 0.408 e. The summed E-state index contributed by atoms with van der Waals surface area (Å²) in [6.07, 6.45) is -0.820. The van der Waals surface area contributed by atoms with Crippen molar-refractivity contribution in [2.24, 2.45) is 0 Å². The Morgan fingerprint density at radius 1 is 1.33 bits per heavy atom. The molecule has 0 radical (unpaired) electrons. The summed E-state index contributed by atoms with van der Waals surface area (Å²) in [4.78, 5) is 0. The molecule has 0 saturated carbocycles. The van der Waals surface area contributed by atoms with Gasteiger partial charge in [-0.15, -0.1) is 0 Å². The van der Waals surface area contributed by atoms with Crippen molar-refractivity contribution >= 4 is 35.7 Å². The zero-order valence-corrected chi connectivity index (χ0v) is 10.2. The maximum atomic E-state index is 12.7. The van der Waals surface area contributed by atoms with Gasteiger partial charge < -0.3 is 0 Å². The summed E-state index contributed by atoms with van der Waals surface area (Å²) in [5.74, 6) is 0. The van der Waals surface area contributed by atoms with Crippen molar-refractivity contribution in [3.63, 3.8) is 0 Å². The summed E-state index contributed by atoms with van der Waals surface area (Å²) in [5.41, 5.74) is 0. The molecule has 8 heteroatoms. The van der Waals surface area contributed by atoms with E-state index in [4.69, 9.17) is 10.7 Å². The topological polar surface area (TPSA) is 34.1 Å². The number of halogens is 5. The number of hydrogen-bond donors (Lipinski definition) is 0. The monoisotopic (exact) mass is 324 g/mol. The first-order valence-corrected chi connectivity index (χ1v) is 6.81. The Morgan fingerprint density at radius 3 is 2.20 bits per heavy atom. The molecule has 15 heavy (non-hydrogen) atoms. The lowest BCUT2D eigenvalue weighted by molar-refractivity contribution is -0.144. The molecule has 0 spiro atoms. The van der Waals surface area contributed by atoms with Gasteiger partial charge in [-0.25, -0.2) is 8.42 Å². The molecule has 86 valence electrons. The molecule has 2 atom stereocenters. The summed E-state index contributed by atoms with van der Waals surface area (Å²) in [5, 5.41) is -1.86. The molecule has 0 fully saturated rings. The zero-order valence-electron chi connectivity index (χ0n) is 7.00. The van der Waals surface area contributed by atoms with Gasteiger partial charge in [0.15, 0.2) is 4.32 Å². The zero-order chi connectivity index (χ0) is 11.9. The third kappa shape index (κ3) is 2.39. The Hall–Kier alpha value is -0.0100. The van der Waals surface area contributed by atoms with Gasteiger partial charge in [0.25, 0.3) is 0 Å². The van der Waals surface area contributed by atoms with Crippen LogP contribution in [-0.4, -0.2) is 24.2 Å². The molecular weight excluding hydrogens is 320 g/mol. The standard InChI is InChI=1S/C7H5BrClF3O2S/c8-6(7(10,11)12)4-2-1-3-5(6)15(9,13)14/h1-5H. The Bertz CT molecular complexity index is 414. The summed E-state index contributed by atoms with van der Waals surface area (Å²) in [6.45, 7) is 0. The van der Waals surface area contributed by atoms with E-state index >= 15 is 0 Å². The van der Waals surface area contributed by atoms with Crippen LogP contribution >= 0.6 is 26.6 Å². The van der Waals surface area contributed by atoms with Crippen LogP contribution in [0.4, 0.5) is 13.2 Å². The Labute approximate surface area is 97.3 Å². The molecule has 0 aliphatic heterocycles. The minimum absolute atomic E-state index is 0.720. The molecule has 0 saturated heterocycles. The van der Waals surface area contributed by atoms with Crippen LogP contribution in [0.2, 0.25) is 0 Å². The van der Waals surface area contributed by atoms with Gasteiger partial charge in [0, 0.05) is 10.7 Å². The molecular formula is C7H5BrClF3O2S. The van der Waals surface area contributed by atoms with Gasteiger partial charge in [-0.1, -0.05) is 40.2 Å². The van der Waals surface area contributed by atoms with Gasteiger partial charge >= 0.3 is 6.18 Å². The normalized spacial score (nSPS) is 31.9. The fraction of sp³-hybridized carbons (Fsp3) is 0.429. The Balaban J connectivity index is 3.29. The highest BCUT2D eigenvalue weighted by molar-refractivity contribution is 9.10. The van der Waals surface area contributed by atoms with Crippen molar-refractivity contribution in [1.29, 1.82) is 0 Å². The second-order valence-electron chi connectivity index (χ2n) is 2.91. The molecule has 0 bridgehead atoms. The van der Waals surface area contributed by atoms with Crippen LogP contribution in [-0.2, 0) is 9.05 Å². The summed E-state index contributed by atoms with van der Waals surface area (Å²) >= 11 is 2.39. The highest BCUT2D eigenvalue weighted by Crippen LogP contribution is 2.46. The van der Waals surface area contributed by atoms with Crippen molar-refractivity contribution in [3.8, 4) is 0 Å². The second kappa shape index (κ2) is 3.78. The van der Waals surface area contributed by atoms with Gasteiger partial charge in [0.1, 0.15) is 5.25 Å². The quantitative estimate of drug-likeness (QED) is 0.549. The first kappa shape index (κ1) is 13.1. The first-order valence-electron chi connectivity index (χ1n) is 3.64. The van der Waals surface area contributed by atoms with E-state index in [9.17, 15) is 21.6 Å². The van der Waals surface area contributed by atoms with Crippen molar-refractivity contribution in [2.75, 3.05) is 0 Å². The van der Waals surface area contributed by atoms with Gasteiger partial charge in [0.2, 0.25) is 9.05 Å². The SMILES string of the molecule is O=S(=O)(Cl)C1C=CC=CC1(Br)C(F)(F)F. The fourth-order valence-corrected chi connectivity index (χ4v) is 4.02. The van der Waals surface area contributed by atoms with E-state index in [2.05, 4.69) is 15.9 Å². The van der Waals surface area contributed by atoms with Crippen LogP contribution in [0.15, 0.2) is 24.3 Å². The van der Waals surface area contributed by atoms with Crippen LogP contribution in [0.1, 0.15) is 0 Å². The molecule has 0 amide bonds. The van der Waals surface area contributed by atoms with E-state index in [0.29, 0.717) is 0 Å². The number of alkyl halides is 4. The van der Waals surface area contributed by atoms with Crippen LogP contribution in [0, 0.1) is 0 Å². The summed E-state index contributed by atoms with van der Waals surface area (Å²) in [6, 6.07) is 0. The molecule has 0 aromatic heterocycles. The first-order chi connectivity index (χ1) is 6.59. The molecule has 2 nitrogen and oxygen atoms in total. The third-order valence-electron chi connectivity index (χ3n) is 1.89. The van der Waals surface area contributed by atoms with Gasteiger partial charge in [0.05, 0.1) is 0 Å². The third-order valence-corrected chi connectivity index (χ3v) is 5.11. The average molecular weight is 326 g/mol. The molecule has 0 aromatic carbocycles. The van der Waals surface area contributed by atoms with Crippen molar-refractivity contribution < 1.29 is 21.6 Å². The molecule has 1 aliphatic rings. The molecule has 1 aliphatic carbocycles. The number of allylic oxidation sites excluding steroid dienone is 3. The lowest BCUT2D eigenvalue weighted by atomic mass is 9.99. The van der Waals surface area contributed by atoms with Crippen molar-refractivity contribution in [1.82, 2.24) is 0 Å². The van der Waals surface area contributed by atoms with Crippen LogP contribution in [0.3, 0.4) is 0 Å². The highest BCUT2D eigenvalue weighted by Gasteiger charge is 2.59. The van der Waals surface area contributed by atoms with Crippen LogP contribution in [0.25, 0.3) is 0 Å². The molecule has 0 heterocycles. The predicted octanol–water partition coefficient (Wildman–Crippen LogP) is 2.75. The van der Waals surface area contributed by atoms with E-state index < -0.39 is 24.8 Å². The smallest absolute Gasteiger partial charge is 0.212 e. The van der Waals surface area contributed by atoms with Gasteiger partial charge in [-0.3, -0.25) is 0 Å². The summed E-state index contributed by atoms with van der Waals surface area (Å²) in [7, 11) is 0.610.